The molecule has 0 radical (unpaired) electrons. The monoisotopic (exact) mass is 321 g/mol. The third-order valence-electron chi connectivity index (χ3n) is 2.18. The minimum Gasteiger partial charge on any atom is -0.463 e. The van der Waals surface area contributed by atoms with Crippen molar-refractivity contribution >= 4 is 11.9 Å². The Bertz CT molecular complexity index is 273. The number of rotatable bonds is 10. The summed E-state index contributed by atoms with van der Waals surface area (Å²) < 4.78 is 9.07. The number of carbonyl (C=O) groups is 2. The Labute approximate surface area is 130 Å². The van der Waals surface area contributed by atoms with Crippen LogP contribution in [0.1, 0.15) is 13.8 Å². The summed E-state index contributed by atoms with van der Waals surface area (Å²) in [7, 11) is 0. The molecule has 0 aliphatic carbocycles. The molecular weight excluding hydrogens is 294 g/mol. The number of aliphatic hydroxyl groups is 3. The average molecular weight is 321 g/mol. The zero-order valence-corrected chi connectivity index (χ0v) is 13.2. The molecule has 0 saturated carbocycles. The summed E-state index contributed by atoms with van der Waals surface area (Å²) in [5.41, 5.74) is 0. The van der Waals surface area contributed by atoms with Gasteiger partial charge in [-0.05, 0) is 13.8 Å². The minimum atomic E-state index is -0.537. The van der Waals surface area contributed by atoms with Crippen molar-refractivity contribution in [2.75, 3.05) is 52.7 Å². The van der Waals surface area contributed by atoms with Gasteiger partial charge in [-0.2, -0.15) is 0 Å². The number of carbonyl (C=O) groups excluding carboxylic acids is 2. The van der Waals surface area contributed by atoms with Gasteiger partial charge in [0.1, 0.15) is 0 Å². The molecule has 0 unspecified atom stereocenters. The van der Waals surface area contributed by atoms with Gasteiger partial charge in [0.15, 0.2) is 0 Å². The zero-order chi connectivity index (χ0) is 17.2. The molecule has 22 heavy (non-hydrogen) atoms. The van der Waals surface area contributed by atoms with Gasteiger partial charge >= 0.3 is 11.9 Å². The van der Waals surface area contributed by atoms with Crippen molar-refractivity contribution in [3.05, 3.63) is 12.2 Å². The van der Waals surface area contributed by atoms with E-state index in [1.54, 1.807) is 18.7 Å². The Morgan fingerprint density at radius 1 is 0.818 bits per heavy atom. The van der Waals surface area contributed by atoms with Crippen LogP contribution in [0.4, 0.5) is 0 Å². The number of ether oxygens (including phenoxy) is 2. The van der Waals surface area contributed by atoms with E-state index in [1.807, 2.05) is 0 Å². The van der Waals surface area contributed by atoms with Crippen LogP contribution in [0.3, 0.4) is 0 Å². The minimum absolute atomic E-state index is 0.0694. The molecule has 0 aromatic rings. The van der Waals surface area contributed by atoms with E-state index in [9.17, 15) is 9.59 Å². The second kappa shape index (κ2) is 17.6. The number of hydrogen-bond acceptors (Lipinski definition) is 8. The number of aliphatic hydroxyl groups excluding tert-OH is 3. The summed E-state index contributed by atoms with van der Waals surface area (Å²) in [5, 5.41) is 25.5. The fraction of sp³-hybridized carbons (Fsp3) is 0.714. The molecule has 8 nitrogen and oxygen atoms in total. The van der Waals surface area contributed by atoms with Gasteiger partial charge in [0.05, 0.1) is 33.0 Å². The molecule has 0 heterocycles. The SMILES string of the molecule is CCOC(=O)/C=C\C(=O)OCC.OCCN(CCO)CCO. The second-order valence-electron chi connectivity index (χ2n) is 3.85. The van der Waals surface area contributed by atoms with Crippen LogP contribution in [0.15, 0.2) is 12.2 Å². The first-order chi connectivity index (χ1) is 10.5. The highest BCUT2D eigenvalue weighted by Gasteiger charge is 2.00. The van der Waals surface area contributed by atoms with Crippen molar-refractivity contribution in [3.8, 4) is 0 Å². The molecule has 0 saturated heterocycles. The van der Waals surface area contributed by atoms with Crippen molar-refractivity contribution in [1.82, 2.24) is 4.90 Å². The molecule has 0 spiro atoms. The van der Waals surface area contributed by atoms with Gasteiger partial charge in [-0.25, -0.2) is 9.59 Å². The van der Waals surface area contributed by atoms with Crippen LogP contribution in [0, 0.1) is 0 Å². The highest BCUT2D eigenvalue weighted by Crippen LogP contribution is 1.85. The van der Waals surface area contributed by atoms with Gasteiger partial charge in [0.25, 0.3) is 0 Å². The maximum absolute atomic E-state index is 10.6. The van der Waals surface area contributed by atoms with E-state index in [0.29, 0.717) is 32.8 Å². The lowest BCUT2D eigenvalue weighted by Gasteiger charge is -2.17. The van der Waals surface area contributed by atoms with Gasteiger partial charge < -0.3 is 24.8 Å². The van der Waals surface area contributed by atoms with E-state index in [1.165, 1.54) is 0 Å². The van der Waals surface area contributed by atoms with Gasteiger partial charge in [-0.1, -0.05) is 0 Å². The molecule has 0 fully saturated rings. The summed E-state index contributed by atoms with van der Waals surface area (Å²) >= 11 is 0. The summed E-state index contributed by atoms with van der Waals surface area (Å²) in [5.74, 6) is -1.07. The van der Waals surface area contributed by atoms with E-state index in [4.69, 9.17) is 15.3 Å². The lowest BCUT2D eigenvalue weighted by molar-refractivity contribution is -0.140. The molecule has 0 bridgehead atoms. The Morgan fingerprint density at radius 3 is 1.36 bits per heavy atom. The van der Waals surface area contributed by atoms with E-state index < -0.39 is 11.9 Å². The molecule has 0 rings (SSSR count). The Hall–Kier alpha value is -1.48. The lowest BCUT2D eigenvalue weighted by atomic mass is 10.4. The molecular formula is C14H27NO7. The predicted octanol–water partition coefficient (Wildman–Crippen LogP) is -1.07. The second-order valence-corrected chi connectivity index (χ2v) is 3.85. The maximum atomic E-state index is 10.6. The summed E-state index contributed by atoms with van der Waals surface area (Å²) in [6.07, 6.45) is 2.09. The largest absolute Gasteiger partial charge is 0.463 e. The molecule has 0 aromatic carbocycles. The van der Waals surface area contributed by atoms with E-state index in [0.717, 1.165) is 12.2 Å². The third kappa shape index (κ3) is 16.6. The number of esters is 2. The Balaban J connectivity index is 0. The molecule has 0 aliphatic heterocycles. The molecule has 0 aromatic heterocycles. The molecule has 0 atom stereocenters. The van der Waals surface area contributed by atoms with Crippen molar-refractivity contribution < 1.29 is 34.4 Å². The fourth-order valence-corrected chi connectivity index (χ4v) is 1.28. The predicted molar refractivity (Wildman–Crippen MR) is 80.1 cm³/mol. The van der Waals surface area contributed by atoms with Crippen LogP contribution in [-0.4, -0.2) is 84.8 Å². The number of hydrogen-bond donors (Lipinski definition) is 3. The van der Waals surface area contributed by atoms with Crippen molar-refractivity contribution in [2.24, 2.45) is 0 Å². The average Bonchev–Trinajstić information content (AvgIpc) is 2.47. The van der Waals surface area contributed by atoms with Crippen molar-refractivity contribution in [1.29, 1.82) is 0 Å². The number of nitrogens with zero attached hydrogens (tertiary/aromatic N) is 1. The highest BCUT2D eigenvalue weighted by atomic mass is 16.5. The van der Waals surface area contributed by atoms with E-state index in [-0.39, 0.29) is 19.8 Å². The Kier molecular flexibility index (Phi) is 18.2. The van der Waals surface area contributed by atoms with Crippen LogP contribution in [0.25, 0.3) is 0 Å². The van der Waals surface area contributed by atoms with Crippen LogP contribution in [-0.2, 0) is 19.1 Å². The summed E-state index contributed by atoms with van der Waals surface area (Å²) in [6, 6.07) is 0. The van der Waals surface area contributed by atoms with E-state index >= 15 is 0 Å². The van der Waals surface area contributed by atoms with E-state index in [2.05, 4.69) is 9.47 Å². The first-order valence-electron chi connectivity index (χ1n) is 7.12. The van der Waals surface area contributed by atoms with Gasteiger partial charge in [-0.3, -0.25) is 4.90 Å². The quantitative estimate of drug-likeness (QED) is 0.344. The first kappa shape index (κ1) is 22.8. The lowest BCUT2D eigenvalue weighted by Crippen LogP contribution is -2.32. The molecule has 130 valence electrons. The summed E-state index contributed by atoms with van der Waals surface area (Å²) in [4.78, 5) is 23.1. The van der Waals surface area contributed by atoms with Crippen LogP contribution in [0.5, 0.6) is 0 Å². The maximum Gasteiger partial charge on any atom is 0.330 e. The highest BCUT2D eigenvalue weighted by molar-refractivity contribution is 5.91. The van der Waals surface area contributed by atoms with Crippen LogP contribution >= 0.6 is 0 Å². The van der Waals surface area contributed by atoms with Crippen molar-refractivity contribution in [2.45, 2.75) is 13.8 Å². The fourth-order valence-electron chi connectivity index (χ4n) is 1.28. The third-order valence-corrected chi connectivity index (χ3v) is 2.18. The Morgan fingerprint density at radius 2 is 1.14 bits per heavy atom. The zero-order valence-electron chi connectivity index (χ0n) is 13.2. The van der Waals surface area contributed by atoms with Crippen molar-refractivity contribution in [3.63, 3.8) is 0 Å². The molecule has 0 aliphatic rings. The van der Waals surface area contributed by atoms with Gasteiger partial charge in [0.2, 0.25) is 0 Å². The molecule has 3 N–H and O–H groups in total. The van der Waals surface area contributed by atoms with Gasteiger partial charge in [0, 0.05) is 31.8 Å². The molecule has 0 amide bonds. The smallest absolute Gasteiger partial charge is 0.330 e. The first-order valence-corrected chi connectivity index (χ1v) is 7.12. The standard InChI is InChI=1S/C8H12O4.C6H15NO3/c1-3-11-7(9)5-6-8(10)12-4-2;8-4-1-7(2-5-9)3-6-10/h5-6H,3-4H2,1-2H3;8-10H,1-6H2/b6-5-;. The normalized spacial score (nSPS) is 10.3. The summed E-state index contributed by atoms with van der Waals surface area (Å²) in [6.45, 7) is 5.73. The van der Waals surface area contributed by atoms with Crippen LogP contribution < -0.4 is 0 Å². The molecule has 8 heteroatoms. The topological polar surface area (TPSA) is 117 Å². The van der Waals surface area contributed by atoms with Crippen LogP contribution in [0.2, 0.25) is 0 Å². The van der Waals surface area contributed by atoms with Gasteiger partial charge in [-0.15, -0.1) is 0 Å².